The smallest absolute Gasteiger partial charge is 0.196 e. The lowest BCUT2D eigenvalue weighted by atomic mass is 9.97. The average Bonchev–Trinajstić information content (AvgIpc) is 4.06. The summed E-state index contributed by atoms with van der Waals surface area (Å²) in [7, 11) is 0. The molecule has 4 aromatic heterocycles. The highest BCUT2D eigenvalue weighted by Gasteiger charge is 2.38. The minimum absolute atomic E-state index is 0.289. The number of hydrogen-bond donors (Lipinski definition) is 0. The third-order valence-electron chi connectivity index (χ3n) is 13.2. The molecule has 0 spiro atoms. The lowest BCUT2D eigenvalue weighted by Gasteiger charge is -2.07. The van der Waals surface area contributed by atoms with Crippen LogP contribution in [0.3, 0.4) is 0 Å². The summed E-state index contributed by atoms with van der Waals surface area (Å²) in [6.07, 6.45) is 44.0. The summed E-state index contributed by atoms with van der Waals surface area (Å²) in [5, 5.41) is 0. The molecule has 4 aromatic rings. The lowest BCUT2D eigenvalue weighted by Crippen LogP contribution is -2.01. The third-order valence-corrected chi connectivity index (χ3v) is 20.1. The van der Waals surface area contributed by atoms with Crippen molar-refractivity contribution in [1.82, 2.24) is 0 Å². The maximum Gasteiger partial charge on any atom is 0.196 e. The number of fused-ring (bicyclic) bond motifs is 3. The van der Waals surface area contributed by atoms with E-state index in [1.54, 1.807) is 0 Å². The Morgan fingerprint density at radius 3 is 1.13 bits per heavy atom. The first kappa shape index (κ1) is 51.4. The molecule has 0 atom stereocenters. The van der Waals surface area contributed by atoms with Crippen LogP contribution in [0.15, 0.2) is 19.7 Å². The van der Waals surface area contributed by atoms with E-state index >= 15 is 0 Å². The summed E-state index contributed by atoms with van der Waals surface area (Å²) in [6, 6.07) is 4.90. The summed E-state index contributed by atoms with van der Waals surface area (Å²) >= 11 is 15.5. The van der Waals surface area contributed by atoms with Crippen LogP contribution in [0.1, 0.15) is 252 Å². The summed E-state index contributed by atoms with van der Waals surface area (Å²) in [4.78, 5) is 22.5. The molecule has 61 heavy (non-hydrogen) atoms. The fourth-order valence-electron chi connectivity index (χ4n) is 9.38. The van der Waals surface area contributed by atoms with Crippen LogP contribution >= 0.6 is 77.2 Å². The second kappa shape index (κ2) is 29.1. The molecule has 1 aliphatic carbocycles. The van der Waals surface area contributed by atoms with Crippen molar-refractivity contribution in [2.75, 3.05) is 0 Å². The molecule has 0 aromatic carbocycles. The minimum Gasteiger partial charge on any atom is -0.288 e. The highest BCUT2D eigenvalue weighted by molar-refractivity contribution is 9.11. The van der Waals surface area contributed by atoms with Crippen molar-refractivity contribution in [3.8, 4) is 29.3 Å². The van der Waals surface area contributed by atoms with Crippen molar-refractivity contribution < 1.29 is 4.79 Å². The number of carbonyl (C=O) groups is 1. The first-order valence-corrected chi connectivity index (χ1v) is 30.2. The Kier molecular flexibility index (Phi) is 24.6. The van der Waals surface area contributed by atoms with E-state index in [0.717, 1.165) is 30.4 Å². The summed E-state index contributed by atoms with van der Waals surface area (Å²) < 4.78 is 2.56. The number of thiophene rings is 4. The predicted molar refractivity (Wildman–Crippen MR) is 284 cm³/mol. The fraction of sp³-hybridized carbons (Fsp3) is 0.685. The van der Waals surface area contributed by atoms with E-state index < -0.39 is 0 Å². The number of aryl methyl sites for hydroxylation is 2. The standard InChI is InChI=1S/C54H80Br2OS4/c1-5-8-11-14-17-20-23-26-29-32-35-41-38-44(58-53(41)55)49-40(4)46-48(57)47-43(37-34-31-28-25-22-19-16-13-10-7-3)50(61-52(47)51(46)60-49)45-39-42(54(56)59-45)36-33-30-27-24-21-18-15-12-9-6-2/h38-39H,5-37H2,1-4H3. The Morgan fingerprint density at radius 1 is 0.393 bits per heavy atom. The van der Waals surface area contributed by atoms with Crippen molar-refractivity contribution in [3.63, 3.8) is 0 Å². The Morgan fingerprint density at radius 2 is 0.721 bits per heavy atom. The number of halogens is 2. The molecule has 4 heterocycles. The minimum atomic E-state index is 0.289. The van der Waals surface area contributed by atoms with E-state index in [-0.39, 0.29) is 5.78 Å². The van der Waals surface area contributed by atoms with Crippen molar-refractivity contribution >= 4 is 83.0 Å². The zero-order valence-electron chi connectivity index (χ0n) is 38.8. The van der Waals surface area contributed by atoms with Gasteiger partial charge in [0.2, 0.25) is 0 Å². The molecule has 0 fully saturated rings. The maximum absolute atomic E-state index is 14.7. The second-order valence-electron chi connectivity index (χ2n) is 18.3. The molecule has 0 radical (unpaired) electrons. The molecule has 0 N–H and O–H groups in total. The summed E-state index contributed by atoms with van der Waals surface area (Å²) in [6.45, 7) is 9.11. The van der Waals surface area contributed by atoms with Gasteiger partial charge in [0, 0.05) is 30.6 Å². The number of unbranched alkanes of at least 4 members (excludes halogenated alkanes) is 27. The number of hydrogen-bond acceptors (Lipinski definition) is 5. The number of rotatable bonds is 35. The predicted octanol–water partition coefficient (Wildman–Crippen LogP) is 21.7. The van der Waals surface area contributed by atoms with E-state index in [2.05, 4.69) is 71.7 Å². The lowest BCUT2D eigenvalue weighted by molar-refractivity contribution is 0.104. The van der Waals surface area contributed by atoms with Gasteiger partial charge in [-0.1, -0.05) is 194 Å². The van der Waals surface area contributed by atoms with E-state index in [1.165, 1.54) is 252 Å². The van der Waals surface area contributed by atoms with Crippen molar-refractivity contribution in [3.05, 3.63) is 53.1 Å². The highest BCUT2D eigenvalue weighted by atomic mass is 79.9. The van der Waals surface area contributed by atoms with Crippen LogP contribution in [0.2, 0.25) is 0 Å². The Bertz CT molecular complexity index is 1860. The van der Waals surface area contributed by atoms with Crippen LogP contribution in [0.4, 0.5) is 0 Å². The Labute approximate surface area is 406 Å². The maximum atomic E-state index is 14.7. The van der Waals surface area contributed by atoms with Crippen molar-refractivity contribution in [2.24, 2.45) is 0 Å². The van der Waals surface area contributed by atoms with Gasteiger partial charge in [-0.3, -0.25) is 4.79 Å². The van der Waals surface area contributed by atoms with Gasteiger partial charge in [-0.2, -0.15) is 0 Å². The highest BCUT2D eigenvalue weighted by Crippen LogP contribution is 2.56. The SMILES string of the molecule is CCCCCCCCCCCCc1cc(-c2sc3c(c2C)C(=O)c2c-3sc(-c3cc(CCCCCCCCCCCC)c(Br)s3)c2CCCCCCCCCCCC)sc1Br. The number of ketones is 1. The van der Waals surface area contributed by atoms with Crippen LogP contribution in [-0.2, 0) is 19.3 Å². The van der Waals surface area contributed by atoms with Crippen molar-refractivity contribution in [2.45, 2.75) is 240 Å². The van der Waals surface area contributed by atoms with Gasteiger partial charge < -0.3 is 0 Å². The topological polar surface area (TPSA) is 17.1 Å². The third kappa shape index (κ3) is 15.8. The molecular formula is C54H80Br2OS4. The second-order valence-corrected chi connectivity index (χ2v) is 25.1. The van der Waals surface area contributed by atoms with E-state index in [1.807, 2.05) is 45.3 Å². The van der Waals surface area contributed by atoms with Crippen LogP contribution in [0.25, 0.3) is 29.3 Å². The van der Waals surface area contributed by atoms with Gasteiger partial charge in [-0.05, 0) is 112 Å². The largest absolute Gasteiger partial charge is 0.288 e. The fourth-order valence-corrected chi connectivity index (χ4v) is 16.0. The van der Waals surface area contributed by atoms with Gasteiger partial charge >= 0.3 is 0 Å². The van der Waals surface area contributed by atoms with Gasteiger partial charge in [0.15, 0.2) is 5.78 Å². The molecule has 1 aliphatic rings. The zero-order chi connectivity index (χ0) is 43.2. The molecule has 0 saturated carbocycles. The number of carbonyl (C=O) groups excluding carboxylic acids is 1. The van der Waals surface area contributed by atoms with E-state index in [9.17, 15) is 4.79 Å². The van der Waals surface area contributed by atoms with Gasteiger partial charge in [0.1, 0.15) is 0 Å². The zero-order valence-corrected chi connectivity index (χ0v) is 45.2. The molecule has 7 heteroatoms. The van der Waals surface area contributed by atoms with Crippen LogP contribution in [-0.4, -0.2) is 5.78 Å². The first-order valence-electron chi connectivity index (χ1n) is 25.3. The Balaban J connectivity index is 1.24. The van der Waals surface area contributed by atoms with E-state index in [4.69, 9.17) is 0 Å². The van der Waals surface area contributed by atoms with E-state index in [0.29, 0.717) is 0 Å². The molecule has 1 nitrogen and oxygen atoms in total. The molecule has 0 saturated heterocycles. The monoisotopic (exact) mass is 1030 g/mol. The molecule has 0 aliphatic heterocycles. The summed E-state index contributed by atoms with van der Waals surface area (Å²) in [5.41, 5.74) is 7.46. The first-order chi connectivity index (χ1) is 29.9. The molecule has 5 rings (SSSR count). The normalized spacial score (nSPS) is 12.3. The van der Waals surface area contributed by atoms with Gasteiger partial charge in [-0.15, -0.1) is 45.3 Å². The molecule has 0 amide bonds. The molecule has 0 bridgehead atoms. The van der Waals surface area contributed by atoms with Crippen LogP contribution < -0.4 is 0 Å². The molecule has 340 valence electrons. The van der Waals surface area contributed by atoms with Crippen molar-refractivity contribution in [1.29, 1.82) is 0 Å². The quantitative estimate of drug-likeness (QED) is 0.0370. The van der Waals surface area contributed by atoms with Gasteiger partial charge in [0.25, 0.3) is 0 Å². The molecule has 0 unspecified atom stereocenters. The van der Waals surface area contributed by atoms with Gasteiger partial charge in [-0.25, -0.2) is 0 Å². The average molecular weight is 1030 g/mol. The summed E-state index contributed by atoms with van der Waals surface area (Å²) in [5.74, 6) is 0.289. The Hall–Kier alpha value is -0.570. The van der Waals surface area contributed by atoms with Crippen LogP contribution in [0.5, 0.6) is 0 Å². The molecular weight excluding hydrogens is 953 g/mol. The van der Waals surface area contributed by atoms with Gasteiger partial charge in [0.05, 0.1) is 17.3 Å². The van der Waals surface area contributed by atoms with Crippen LogP contribution in [0, 0.1) is 6.92 Å².